The van der Waals surface area contributed by atoms with Crippen molar-refractivity contribution in [3.8, 4) is 11.5 Å². The molecule has 0 aliphatic carbocycles. The molecule has 0 heterocycles. The predicted molar refractivity (Wildman–Crippen MR) is 90.8 cm³/mol. The van der Waals surface area contributed by atoms with Crippen LogP contribution in [-0.2, 0) is 0 Å². The molecule has 0 saturated carbocycles. The average molecular weight is 342 g/mol. The van der Waals surface area contributed by atoms with Crippen molar-refractivity contribution in [1.29, 1.82) is 0 Å². The molecule has 0 fully saturated rings. The van der Waals surface area contributed by atoms with Crippen LogP contribution in [0.2, 0.25) is 0 Å². The fraction of sp³-hybridized carbons (Fsp3) is 0.111. The molecule has 1 atom stereocenters. The summed E-state index contributed by atoms with van der Waals surface area (Å²) in [7, 11) is 0. The van der Waals surface area contributed by atoms with E-state index in [1.807, 2.05) is 49.4 Å². The van der Waals surface area contributed by atoms with Gasteiger partial charge in [0, 0.05) is 10.5 Å². The van der Waals surface area contributed by atoms with Crippen LogP contribution in [-0.4, -0.2) is 0 Å². The second-order valence-corrected chi connectivity index (χ2v) is 5.94. The number of benzene rings is 3. The molecule has 2 nitrogen and oxygen atoms in total. The summed E-state index contributed by atoms with van der Waals surface area (Å²) in [5, 5.41) is 2.37. The van der Waals surface area contributed by atoms with E-state index in [0.29, 0.717) is 0 Å². The summed E-state index contributed by atoms with van der Waals surface area (Å²) in [5.74, 6) is 1.62. The summed E-state index contributed by atoms with van der Waals surface area (Å²) in [6.07, 6.45) is 0. The second-order valence-electron chi connectivity index (χ2n) is 5.08. The van der Waals surface area contributed by atoms with Gasteiger partial charge in [-0.05, 0) is 47.5 Å². The third-order valence-electron chi connectivity index (χ3n) is 3.42. The van der Waals surface area contributed by atoms with Crippen LogP contribution in [0, 0.1) is 0 Å². The number of halogens is 1. The number of hydrogen-bond donors (Lipinski definition) is 1. The summed E-state index contributed by atoms with van der Waals surface area (Å²) in [5.41, 5.74) is 6.98. The molecule has 0 aromatic heterocycles. The van der Waals surface area contributed by atoms with Gasteiger partial charge in [-0.2, -0.15) is 0 Å². The zero-order chi connectivity index (χ0) is 14.8. The van der Waals surface area contributed by atoms with E-state index in [1.54, 1.807) is 0 Å². The van der Waals surface area contributed by atoms with E-state index >= 15 is 0 Å². The first-order valence-corrected chi connectivity index (χ1v) is 7.64. The van der Waals surface area contributed by atoms with Crippen molar-refractivity contribution in [3.05, 3.63) is 70.7 Å². The molecule has 3 heteroatoms. The van der Waals surface area contributed by atoms with Crippen molar-refractivity contribution in [2.24, 2.45) is 5.73 Å². The number of rotatable bonds is 3. The lowest BCUT2D eigenvalue weighted by Gasteiger charge is -2.11. The zero-order valence-corrected chi connectivity index (χ0v) is 13.3. The van der Waals surface area contributed by atoms with Gasteiger partial charge in [0.15, 0.2) is 0 Å². The number of ether oxygens (including phenoxy) is 1. The van der Waals surface area contributed by atoms with Gasteiger partial charge >= 0.3 is 0 Å². The fourth-order valence-corrected chi connectivity index (χ4v) is 3.03. The lowest BCUT2D eigenvalue weighted by atomic mass is 10.1. The summed E-state index contributed by atoms with van der Waals surface area (Å²) in [6, 6.07) is 20.2. The maximum atomic E-state index is 5.93. The molecule has 0 aliphatic rings. The Kier molecular flexibility index (Phi) is 3.95. The van der Waals surface area contributed by atoms with Gasteiger partial charge in [-0.3, -0.25) is 0 Å². The first-order chi connectivity index (χ1) is 10.1. The Morgan fingerprint density at radius 2 is 1.57 bits per heavy atom. The predicted octanol–water partition coefficient (Wildman–Crippen LogP) is 5.41. The molecule has 0 bridgehead atoms. The van der Waals surface area contributed by atoms with Gasteiger partial charge in [0.05, 0.1) is 0 Å². The monoisotopic (exact) mass is 341 g/mol. The first-order valence-electron chi connectivity index (χ1n) is 6.85. The third-order valence-corrected chi connectivity index (χ3v) is 4.11. The lowest BCUT2D eigenvalue weighted by molar-refractivity contribution is 0.482. The molecule has 21 heavy (non-hydrogen) atoms. The summed E-state index contributed by atoms with van der Waals surface area (Å²) in [6.45, 7) is 1.96. The van der Waals surface area contributed by atoms with E-state index in [0.717, 1.165) is 21.5 Å². The quantitative estimate of drug-likeness (QED) is 0.690. The molecule has 0 spiro atoms. The molecular formula is C18H16BrNO. The summed E-state index contributed by atoms with van der Waals surface area (Å²) in [4.78, 5) is 0. The smallest absolute Gasteiger partial charge is 0.128 e. The van der Waals surface area contributed by atoms with Crippen LogP contribution in [0.3, 0.4) is 0 Å². The van der Waals surface area contributed by atoms with Crippen LogP contribution in [0.1, 0.15) is 18.5 Å². The van der Waals surface area contributed by atoms with Gasteiger partial charge in [0.1, 0.15) is 11.5 Å². The lowest BCUT2D eigenvalue weighted by Crippen LogP contribution is -2.05. The Balaban J connectivity index is 1.89. The SMILES string of the molecule is C[C@@H](N)c1ccc(Oc2ccc3ccccc3c2)cc1Br. The van der Waals surface area contributed by atoms with E-state index in [4.69, 9.17) is 10.5 Å². The Bertz CT molecular complexity index is 783. The van der Waals surface area contributed by atoms with Gasteiger partial charge in [0.2, 0.25) is 0 Å². The molecule has 106 valence electrons. The average Bonchev–Trinajstić information content (AvgIpc) is 2.47. The maximum absolute atomic E-state index is 5.93. The second kappa shape index (κ2) is 5.88. The highest BCUT2D eigenvalue weighted by Crippen LogP contribution is 2.30. The van der Waals surface area contributed by atoms with Crippen LogP contribution >= 0.6 is 15.9 Å². The van der Waals surface area contributed by atoms with Gasteiger partial charge in [-0.25, -0.2) is 0 Å². The standard InChI is InChI=1S/C18H16BrNO/c1-12(20)17-9-8-16(11-18(17)19)21-15-7-6-13-4-2-3-5-14(13)10-15/h2-12H,20H2,1H3/t12-/m1/s1. The highest BCUT2D eigenvalue weighted by Gasteiger charge is 2.07. The molecule has 2 N–H and O–H groups in total. The van der Waals surface area contributed by atoms with Crippen molar-refractivity contribution < 1.29 is 4.74 Å². The number of fused-ring (bicyclic) bond motifs is 1. The molecule has 0 aliphatic heterocycles. The Morgan fingerprint density at radius 1 is 0.905 bits per heavy atom. The van der Waals surface area contributed by atoms with Crippen LogP contribution in [0.15, 0.2) is 65.1 Å². The van der Waals surface area contributed by atoms with Crippen molar-refractivity contribution in [2.75, 3.05) is 0 Å². The van der Waals surface area contributed by atoms with Gasteiger partial charge < -0.3 is 10.5 Å². The molecule has 0 unspecified atom stereocenters. The first kappa shape index (κ1) is 14.1. The van der Waals surface area contributed by atoms with E-state index in [-0.39, 0.29) is 6.04 Å². The van der Waals surface area contributed by atoms with E-state index in [9.17, 15) is 0 Å². The van der Waals surface area contributed by atoms with E-state index in [1.165, 1.54) is 10.8 Å². The van der Waals surface area contributed by atoms with Crippen molar-refractivity contribution >= 4 is 26.7 Å². The van der Waals surface area contributed by atoms with E-state index in [2.05, 4.69) is 34.1 Å². The molecular weight excluding hydrogens is 326 g/mol. The fourth-order valence-electron chi connectivity index (χ4n) is 2.31. The minimum absolute atomic E-state index is 0.00547. The topological polar surface area (TPSA) is 35.2 Å². The minimum atomic E-state index is -0.00547. The Labute approximate surface area is 132 Å². The van der Waals surface area contributed by atoms with Crippen LogP contribution in [0.5, 0.6) is 11.5 Å². The molecule has 0 amide bonds. The number of nitrogens with two attached hydrogens (primary N) is 1. The molecule has 3 aromatic carbocycles. The van der Waals surface area contributed by atoms with E-state index < -0.39 is 0 Å². The van der Waals surface area contributed by atoms with Crippen molar-refractivity contribution in [3.63, 3.8) is 0 Å². The van der Waals surface area contributed by atoms with Gasteiger partial charge in [-0.1, -0.05) is 52.3 Å². The van der Waals surface area contributed by atoms with Gasteiger partial charge in [0.25, 0.3) is 0 Å². The minimum Gasteiger partial charge on any atom is -0.457 e. The summed E-state index contributed by atoms with van der Waals surface area (Å²) >= 11 is 3.54. The highest BCUT2D eigenvalue weighted by atomic mass is 79.9. The maximum Gasteiger partial charge on any atom is 0.128 e. The van der Waals surface area contributed by atoms with Crippen LogP contribution in [0.4, 0.5) is 0 Å². The van der Waals surface area contributed by atoms with Crippen molar-refractivity contribution in [2.45, 2.75) is 13.0 Å². The number of hydrogen-bond acceptors (Lipinski definition) is 2. The van der Waals surface area contributed by atoms with Crippen LogP contribution in [0.25, 0.3) is 10.8 Å². The zero-order valence-electron chi connectivity index (χ0n) is 11.7. The largest absolute Gasteiger partial charge is 0.457 e. The van der Waals surface area contributed by atoms with Gasteiger partial charge in [-0.15, -0.1) is 0 Å². The molecule has 0 saturated heterocycles. The van der Waals surface area contributed by atoms with Crippen molar-refractivity contribution in [1.82, 2.24) is 0 Å². The normalized spacial score (nSPS) is 12.3. The molecule has 3 rings (SSSR count). The third kappa shape index (κ3) is 3.09. The highest BCUT2D eigenvalue weighted by molar-refractivity contribution is 9.10. The molecule has 3 aromatic rings. The molecule has 0 radical (unpaired) electrons. The Hall–Kier alpha value is -1.84. The Morgan fingerprint density at radius 3 is 2.29 bits per heavy atom. The summed E-state index contributed by atoms with van der Waals surface area (Å²) < 4.78 is 6.90. The van der Waals surface area contributed by atoms with Crippen LogP contribution < -0.4 is 10.5 Å².